The Hall–Kier alpha value is -4.17. The maximum absolute atomic E-state index is 13.1. The molecule has 3 aliphatic heterocycles. The van der Waals surface area contributed by atoms with Gasteiger partial charge in [-0.3, -0.25) is 43.2 Å². The van der Waals surface area contributed by atoms with Gasteiger partial charge in [0.05, 0.1) is 0 Å². The summed E-state index contributed by atoms with van der Waals surface area (Å²) in [5.41, 5.74) is 16.4. The zero-order chi connectivity index (χ0) is 52.3. The highest BCUT2D eigenvalue weighted by atomic mass is 16.2. The van der Waals surface area contributed by atoms with Crippen LogP contribution in [0.1, 0.15) is 166 Å². The Morgan fingerprint density at radius 3 is 1.40 bits per heavy atom. The van der Waals surface area contributed by atoms with Gasteiger partial charge in [0.15, 0.2) is 0 Å². The number of primary amides is 3. The number of piperidine rings is 3. The smallest absolute Gasteiger partial charge is 0.225 e. The normalized spacial score (nSPS) is 32.7. The van der Waals surface area contributed by atoms with Crippen molar-refractivity contribution in [2.45, 2.75) is 172 Å². The summed E-state index contributed by atoms with van der Waals surface area (Å²) in [7, 11) is 0. The second kappa shape index (κ2) is 26.5. The third kappa shape index (κ3) is 15.4. The van der Waals surface area contributed by atoms with E-state index in [0.717, 1.165) is 90.1 Å². The van der Waals surface area contributed by atoms with Crippen LogP contribution in [0.3, 0.4) is 0 Å². The van der Waals surface area contributed by atoms with Crippen LogP contribution >= 0.6 is 0 Å². The van der Waals surface area contributed by atoms with Crippen molar-refractivity contribution in [2.24, 2.45) is 106 Å². The number of ketones is 3. The Bertz CT molecular complexity index is 1870. The first-order valence-corrected chi connectivity index (χ1v) is 27.2. The lowest BCUT2D eigenvalue weighted by Crippen LogP contribution is -2.50. The minimum atomic E-state index is -0.284. The lowest BCUT2D eigenvalue weighted by Gasteiger charge is -2.41. The number of nitrogens with two attached hydrogens (primary N) is 3. The number of hydrogen-bond acceptors (Lipinski definition) is 9. The van der Waals surface area contributed by atoms with Gasteiger partial charge in [-0.25, -0.2) is 0 Å². The first-order valence-electron chi connectivity index (χ1n) is 27.2. The lowest BCUT2D eigenvalue weighted by atomic mass is 9.69. The van der Waals surface area contributed by atoms with Crippen molar-refractivity contribution in [2.75, 3.05) is 32.7 Å². The van der Waals surface area contributed by atoms with Gasteiger partial charge in [-0.05, 0) is 115 Å². The Balaban J connectivity index is 0.000000229. The van der Waals surface area contributed by atoms with E-state index >= 15 is 0 Å². The van der Waals surface area contributed by atoms with Crippen LogP contribution in [0.15, 0.2) is 0 Å². The van der Waals surface area contributed by atoms with Crippen molar-refractivity contribution in [1.82, 2.24) is 14.7 Å². The molecule has 6 aliphatic rings. The second-order valence-corrected chi connectivity index (χ2v) is 23.5. The molecule has 0 bridgehead atoms. The minimum absolute atomic E-state index is 0.0252. The van der Waals surface area contributed by atoms with Crippen LogP contribution in [0, 0.1) is 88.8 Å². The highest BCUT2D eigenvalue weighted by molar-refractivity contribution is 5.89. The predicted molar refractivity (Wildman–Crippen MR) is 270 cm³/mol. The molecule has 3 heterocycles. The fraction of sp³-hybridized carbons (Fsp3) is 0.836. The van der Waals surface area contributed by atoms with Gasteiger partial charge in [-0.2, -0.15) is 0 Å². The van der Waals surface area contributed by atoms with E-state index < -0.39 is 0 Å². The first-order chi connectivity index (χ1) is 32.8. The number of amides is 6. The molecule has 0 aromatic heterocycles. The largest absolute Gasteiger partial charge is 0.369 e. The van der Waals surface area contributed by atoms with Crippen LogP contribution < -0.4 is 17.2 Å². The van der Waals surface area contributed by atoms with Crippen LogP contribution in [0.5, 0.6) is 0 Å². The maximum Gasteiger partial charge on any atom is 0.225 e. The highest BCUT2D eigenvalue weighted by Crippen LogP contribution is 2.40. The number of rotatable bonds is 12. The Morgan fingerprint density at radius 1 is 0.386 bits per heavy atom. The van der Waals surface area contributed by atoms with Gasteiger partial charge in [-0.15, -0.1) is 0 Å². The Kier molecular flexibility index (Phi) is 22.1. The minimum Gasteiger partial charge on any atom is -0.369 e. The first kappa shape index (κ1) is 58.4. The number of nitrogens with zero attached hydrogens (tertiary/aromatic N) is 3. The van der Waals surface area contributed by atoms with Crippen LogP contribution in [0.4, 0.5) is 0 Å². The Morgan fingerprint density at radius 2 is 0.829 bits per heavy atom. The fourth-order valence-electron chi connectivity index (χ4n) is 12.4. The van der Waals surface area contributed by atoms with Gasteiger partial charge in [0.2, 0.25) is 35.4 Å². The highest BCUT2D eigenvalue weighted by Gasteiger charge is 2.43. The molecule has 6 unspecified atom stereocenters. The average molecular weight is 981 g/mol. The molecular formula is C55H92N6O9. The molecule has 0 radical (unpaired) electrons. The van der Waals surface area contributed by atoms with Gasteiger partial charge in [0.25, 0.3) is 0 Å². The van der Waals surface area contributed by atoms with Crippen LogP contribution in [0.25, 0.3) is 0 Å². The molecule has 15 nitrogen and oxygen atoms in total. The average Bonchev–Trinajstić information content (AvgIpc) is 3.33. The molecule has 396 valence electrons. The number of hydrogen-bond donors (Lipinski definition) is 3. The molecule has 70 heavy (non-hydrogen) atoms. The number of carbonyl (C=O) groups excluding carboxylic acids is 9. The molecule has 3 aliphatic carbocycles. The molecule has 6 amide bonds. The zero-order valence-electron chi connectivity index (χ0n) is 44.6. The van der Waals surface area contributed by atoms with Gasteiger partial charge >= 0.3 is 0 Å². The molecule has 0 spiro atoms. The van der Waals surface area contributed by atoms with E-state index in [1.807, 2.05) is 63.2 Å². The predicted octanol–water partition coefficient (Wildman–Crippen LogP) is 6.35. The third-order valence-electron chi connectivity index (χ3n) is 17.2. The van der Waals surface area contributed by atoms with Crippen molar-refractivity contribution in [3.8, 4) is 0 Å². The molecule has 3 saturated carbocycles. The summed E-state index contributed by atoms with van der Waals surface area (Å²) in [5, 5.41) is 0. The molecule has 6 rings (SSSR count). The van der Waals surface area contributed by atoms with Crippen molar-refractivity contribution in [1.29, 1.82) is 0 Å². The van der Waals surface area contributed by atoms with Crippen molar-refractivity contribution < 1.29 is 43.2 Å². The molecule has 15 heteroatoms. The van der Waals surface area contributed by atoms with Gasteiger partial charge in [-0.1, -0.05) is 68.7 Å². The summed E-state index contributed by atoms with van der Waals surface area (Å²) in [6.45, 7) is 22.8. The van der Waals surface area contributed by atoms with E-state index in [4.69, 9.17) is 17.2 Å². The van der Waals surface area contributed by atoms with Gasteiger partial charge < -0.3 is 31.9 Å². The molecule has 0 aromatic rings. The molecule has 6 fully saturated rings. The molecular weight excluding hydrogens is 889 g/mol. The maximum atomic E-state index is 13.1. The fourth-order valence-corrected chi connectivity index (χ4v) is 12.4. The van der Waals surface area contributed by atoms with Crippen molar-refractivity contribution in [3.63, 3.8) is 0 Å². The summed E-state index contributed by atoms with van der Waals surface area (Å²) < 4.78 is 0. The third-order valence-corrected chi connectivity index (χ3v) is 17.2. The van der Waals surface area contributed by atoms with Gasteiger partial charge in [0, 0.05) is 110 Å². The van der Waals surface area contributed by atoms with E-state index in [0.29, 0.717) is 50.7 Å². The summed E-state index contributed by atoms with van der Waals surface area (Å²) in [4.78, 5) is 116. The van der Waals surface area contributed by atoms with E-state index in [2.05, 4.69) is 20.8 Å². The topological polar surface area (TPSA) is 241 Å². The zero-order valence-corrected chi connectivity index (χ0v) is 44.6. The number of carbonyl (C=O) groups is 9. The quantitative estimate of drug-likeness (QED) is 0.197. The number of Topliss-reactive ketones (excluding diaryl/α,β-unsaturated/α-hetero) is 3. The van der Waals surface area contributed by atoms with Crippen molar-refractivity contribution in [3.05, 3.63) is 0 Å². The SMILES string of the molecule is CC(C)C(=O)N1CC(C(=O)C2C[C@H](C(N)=O)CC[C@H]2C)CC[C@H]1C.CC(C)C(=O)N1CCCC(C(=O)C2CCC[C@@H](C(N)=O)C2)C1.CC(C)C(=O)N1CC[C@H](C)C(C(=O)C2CC[C@H](C)[C@@H](C(N)=O)C2)C1. The summed E-state index contributed by atoms with van der Waals surface area (Å²) >= 11 is 0. The van der Waals surface area contributed by atoms with E-state index in [1.54, 1.807) is 0 Å². The molecule has 6 N–H and O–H groups in total. The molecule has 0 aromatic carbocycles. The monoisotopic (exact) mass is 981 g/mol. The van der Waals surface area contributed by atoms with Crippen LogP contribution in [-0.4, -0.2) is 106 Å². The molecule has 3 saturated heterocycles. The summed E-state index contributed by atoms with van der Waals surface area (Å²) in [6.07, 6.45) is 12.0. The van der Waals surface area contributed by atoms with Crippen molar-refractivity contribution >= 4 is 52.8 Å². The van der Waals surface area contributed by atoms with E-state index in [1.165, 1.54) is 0 Å². The van der Waals surface area contributed by atoms with E-state index in [9.17, 15) is 43.2 Å². The lowest BCUT2D eigenvalue weighted by molar-refractivity contribution is -0.143. The van der Waals surface area contributed by atoms with Crippen LogP contribution in [-0.2, 0) is 43.2 Å². The number of likely N-dealkylation sites (tertiary alicyclic amines) is 3. The standard InChI is InChI=1S/2C19H32N2O3.C17H28N2O3/c1-11(2)19(24)21-10-15(8-6-13(21)4)17(22)16-9-14(18(20)23)7-5-12(16)3;1-11(2)19(24)21-8-7-13(4)16(10-21)17(22)14-6-5-12(3)15(9-14)18(20)23;1-11(2)17(22)19-8-4-7-14(10-19)15(20)12-5-3-6-13(9-12)16(18)21/h2*11-16H,5-10H2,1-4H3,(H2,20,23);11-14H,3-10H2,1-2H3,(H2,18,21)/t12-,13-,14-,15?,16?;12-,13-,14?,15-,16?;12?,13-,14?/m101/s1. The second-order valence-electron chi connectivity index (χ2n) is 23.5. The van der Waals surface area contributed by atoms with Gasteiger partial charge in [0.1, 0.15) is 17.3 Å². The summed E-state index contributed by atoms with van der Waals surface area (Å²) in [5.74, 6) is -0.00562. The van der Waals surface area contributed by atoms with Crippen LogP contribution in [0.2, 0.25) is 0 Å². The molecule has 13 atom stereocenters. The van der Waals surface area contributed by atoms with E-state index in [-0.39, 0.29) is 136 Å². The Labute approximate surface area is 419 Å². The summed E-state index contributed by atoms with van der Waals surface area (Å²) in [6, 6.07) is 0.200.